The Balaban J connectivity index is 1.81. The molecular weight excluding hydrogens is 448 g/mol. The molecule has 34 heavy (non-hydrogen) atoms. The molecule has 0 aliphatic heterocycles. The van der Waals surface area contributed by atoms with Crippen molar-refractivity contribution in [3.05, 3.63) is 74.7 Å². The average Bonchev–Trinajstić information content (AvgIpc) is 3.17. The summed E-state index contributed by atoms with van der Waals surface area (Å²) in [6, 6.07) is 14.1. The van der Waals surface area contributed by atoms with Crippen LogP contribution >= 0.6 is 11.6 Å². The van der Waals surface area contributed by atoms with Crippen LogP contribution in [0.3, 0.4) is 0 Å². The van der Waals surface area contributed by atoms with Crippen LogP contribution in [0.2, 0.25) is 5.02 Å². The van der Waals surface area contributed by atoms with Gasteiger partial charge in [-0.05, 0) is 49.6 Å². The van der Waals surface area contributed by atoms with Crippen molar-refractivity contribution >= 4 is 23.1 Å². The number of hydrogen-bond acceptors (Lipinski definition) is 5. The van der Waals surface area contributed by atoms with Gasteiger partial charge in [-0.3, -0.25) is 9.36 Å². The Bertz CT molecular complexity index is 1240. The molecule has 1 aliphatic rings. The molecular formula is C27H33ClN4O2. The number of aryl methyl sites for hydroxylation is 1. The Labute approximate surface area is 206 Å². The van der Waals surface area contributed by atoms with Crippen LogP contribution in [-0.4, -0.2) is 36.4 Å². The highest BCUT2D eigenvalue weighted by atomic mass is 35.5. The first-order valence-electron chi connectivity index (χ1n) is 12.0. The fraction of sp³-hybridized carbons (Fsp3) is 0.407. The highest BCUT2D eigenvalue weighted by molar-refractivity contribution is 6.33. The molecule has 1 N–H and O–H groups in total. The Morgan fingerprint density at radius 1 is 1.18 bits per heavy atom. The molecule has 6 nitrogen and oxygen atoms in total. The number of nitrogens with zero attached hydrogens (tertiary/aromatic N) is 3. The lowest BCUT2D eigenvalue weighted by molar-refractivity contribution is 0.0572. The third kappa shape index (κ3) is 4.44. The first-order chi connectivity index (χ1) is 16.4. The van der Waals surface area contributed by atoms with E-state index in [1.165, 1.54) is 11.1 Å². The first kappa shape index (κ1) is 24.3. The Hall–Kier alpha value is -2.83. The molecule has 0 unspecified atom stereocenters. The Morgan fingerprint density at radius 3 is 2.59 bits per heavy atom. The van der Waals surface area contributed by atoms with Crippen molar-refractivity contribution in [3.8, 4) is 11.3 Å². The van der Waals surface area contributed by atoms with Crippen molar-refractivity contribution in [3.63, 3.8) is 0 Å². The van der Waals surface area contributed by atoms with E-state index in [2.05, 4.69) is 36.5 Å². The second-order valence-corrected chi connectivity index (χ2v) is 9.14. The smallest absolute Gasteiger partial charge is 0.278 e. The van der Waals surface area contributed by atoms with Gasteiger partial charge in [0.25, 0.3) is 5.56 Å². The van der Waals surface area contributed by atoms with Crippen LogP contribution in [0.5, 0.6) is 0 Å². The molecule has 1 aliphatic carbocycles. The van der Waals surface area contributed by atoms with Crippen molar-refractivity contribution in [2.45, 2.75) is 52.3 Å². The van der Waals surface area contributed by atoms with Crippen molar-refractivity contribution in [2.75, 3.05) is 30.9 Å². The highest BCUT2D eigenvalue weighted by Crippen LogP contribution is 2.37. The van der Waals surface area contributed by atoms with Crippen molar-refractivity contribution in [2.24, 2.45) is 0 Å². The zero-order chi connectivity index (χ0) is 24.4. The third-order valence-electron chi connectivity index (χ3n) is 6.47. The number of fused-ring (bicyclic) bond motifs is 1. The maximum absolute atomic E-state index is 13.6. The summed E-state index contributed by atoms with van der Waals surface area (Å²) in [5, 5.41) is 4.18. The summed E-state index contributed by atoms with van der Waals surface area (Å²) >= 11 is 6.61. The largest absolute Gasteiger partial charge is 0.378 e. The van der Waals surface area contributed by atoms with E-state index >= 15 is 0 Å². The molecule has 1 aromatic heterocycles. The monoisotopic (exact) mass is 480 g/mol. The van der Waals surface area contributed by atoms with Gasteiger partial charge in [0.05, 0.1) is 22.9 Å². The van der Waals surface area contributed by atoms with Crippen molar-refractivity contribution < 1.29 is 4.74 Å². The van der Waals surface area contributed by atoms with E-state index in [0.29, 0.717) is 35.9 Å². The van der Waals surface area contributed by atoms with Gasteiger partial charge in [0.1, 0.15) is 11.5 Å². The lowest BCUT2D eigenvalue weighted by Crippen LogP contribution is -2.32. The van der Waals surface area contributed by atoms with Gasteiger partial charge in [0, 0.05) is 44.9 Å². The van der Waals surface area contributed by atoms with Crippen LogP contribution in [0, 0.1) is 0 Å². The van der Waals surface area contributed by atoms with E-state index in [4.69, 9.17) is 21.3 Å². The minimum atomic E-state index is -0.152. The summed E-state index contributed by atoms with van der Waals surface area (Å²) in [5.41, 5.74) is 5.18. The quantitative estimate of drug-likeness (QED) is 0.472. The predicted octanol–water partition coefficient (Wildman–Crippen LogP) is 5.33. The van der Waals surface area contributed by atoms with Gasteiger partial charge in [-0.25, -0.2) is 4.98 Å². The molecule has 4 rings (SSSR count). The van der Waals surface area contributed by atoms with E-state index in [1.54, 1.807) is 4.57 Å². The minimum absolute atomic E-state index is 0.000197. The van der Waals surface area contributed by atoms with Gasteiger partial charge in [-0.15, -0.1) is 0 Å². The lowest BCUT2D eigenvalue weighted by atomic mass is 10.1. The van der Waals surface area contributed by atoms with Crippen LogP contribution in [0.1, 0.15) is 43.6 Å². The predicted molar refractivity (Wildman–Crippen MR) is 140 cm³/mol. The number of aromatic nitrogens is 2. The average molecular weight is 481 g/mol. The second-order valence-electron chi connectivity index (χ2n) is 8.74. The number of benzene rings is 2. The molecule has 2 aromatic carbocycles. The molecule has 0 saturated heterocycles. The van der Waals surface area contributed by atoms with E-state index in [1.807, 2.05) is 51.0 Å². The number of ether oxygens (including phenoxy) is 1. The normalized spacial score (nSPS) is 17.0. The minimum Gasteiger partial charge on any atom is -0.378 e. The number of rotatable bonds is 8. The first-order valence-corrected chi connectivity index (χ1v) is 12.3. The molecule has 7 heteroatoms. The summed E-state index contributed by atoms with van der Waals surface area (Å²) in [6.45, 7) is 7.21. The van der Waals surface area contributed by atoms with Gasteiger partial charge in [-0.1, -0.05) is 42.8 Å². The molecule has 0 bridgehead atoms. The standard InChI is InChI=1S/C27H33ClN4O2/c1-6-22-26(30-24-19-12-10-9-11-17(19)15-23(24)34-8-3)32(7-2)27(33)25(29-22)20-14-13-18(31(4)5)16-21(20)28/h9-14,16,23-24,30H,6-8,15H2,1-5H3/t23-,24+/m0/s1. The van der Waals surface area contributed by atoms with Gasteiger partial charge in [0.15, 0.2) is 0 Å². The zero-order valence-corrected chi connectivity index (χ0v) is 21.3. The molecule has 0 spiro atoms. The number of halogens is 1. The molecule has 2 atom stereocenters. The maximum atomic E-state index is 13.6. The molecule has 1 heterocycles. The lowest BCUT2D eigenvalue weighted by Gasteiger charge is -2.26. The molecule has 0 saturated carbocycles. The zero-order valence-electron chi connectivity index (χ0n) is 20.6. The third-order valence-corrected chi connectivity index (χ3v) is 6.78. The fourth-order valence-electron chi connectivity index (χ4n) is 4.73. The number of hydrogen-bond donors (Lipinski definition) is 1. The van der Waals surface area contributed by atoms with Gasteiger partial charge in [0.2, 0.25) is 0 Å². The Kier molecular flexibility index (Phi) is 7.29. The molecule has 0 fully saturated rings. The number of anilines is 2. The van der Waals surface area contributed by atoms with Crippen molar-refractivity contribution in [1.29, 1.82) is 0 Å². The maximum Gasteiger partial charge on any atom is 0.278 e. The van der Waals surface area contributed by atoms with E-state index in [-0.39, 0.29) is 17.7 Å². The van der Waals surface area contributed by atoms with E-state index < -0.39 is 0 Å². The second kappa shape index (κ2) is 10.2. The van der Waals surface area contributed by atoms with Gasteiger partial charge >= 0.3 is 0 Å². The van der Waals surface area contributed by atoms with Crippen LogP contribution in [0.4, 0.5) is 11.5 Å². The summed E-state index contributed by atoms with van der Waals surface area (Å²) in [6.07, 6.45) is 1.52. The van der Waals surface area contributed by atoms with Crippen LogP contribution in [-0.2, 0) is 24.1 Å². The van der Waals surface area contributed by atoms with Crippen LogP contribution in [0.25, 0.3) is 11.3 Å². The summed E-state index contributed by atoms with van der Waals surface area (Å²) < 4.78 is 7.87. The van der Waals surface area contributed by atoms with Crippen molar-refractivity contribution in [1.82, 2.24) is 9.55 Å². The summed E-state index contributed by atoms with van der Waals surface area (Å²) in [5.74, 6) is 0.756. The van der Waals surface area contributed by atoms with E-state index in [9.17, 15) is 4.79 Å². The topological polar surface area (TPSA) is 59.4 Å². The van der Waals surface area contributed by atoms with Crippen LogP contribution < -0.4 is 15.8 Å². The SMILES string of the molecule is CCO[C@H]1Cc2ccccc2[C@H]1Nc1c(CC)nc(-c2ccc(N(C)C)cc2Cl)c(=O)n1CC. The number of nitrogens with one attached hydrogen (secondary N) is 1. The molecule has 0 amide bonds. The van der Waals surface area contributed by atoms with E-state index in [0.717, 1.165) is 23.6 Å². The van der Waals surface area contributed by atoms with Crippen LogP contribution in [0.15, 0.2) is 47.3 Å². The summed E-state index contributed by atoms with van der Waals surface area (Å²) in [4.78, 5) is 20.5. The fourth-order valence-corrected chi connectivity index (χ4v) is 4.99. The summed E-state index contributed by atoms with van der Waals surface area (Å²) in [7, 11) is 3.92. The van der Waals surface area contributed by atoms with Gasteiger partial charge < -0.3 is 15.0 Å². The van der Waals surface area contributed by atoms with Gasteiger partial charge in [-0.2, -0.15) is 0 Å². The molecule has 3 aromatic rings. The molecule has 180 valence electrons. The highest BCUT2D eigenvalue weighted by Gasteiger charge is 2.34. The Morgan fingerprint density at radius 2 is 1.94 bits per heavy atom. The molecule has 0 radical (unpaired) electrons.